The molecule has 0 saturated carbocycles. The maximum absolute atomic E-state index is 12.0. The quantitative estimate of drug-likeness (QED) is 0.813. The third-order valence-corrected chi connectivity index (χ3v) is 4.39. The fraction of sp³-hybridized carbons (Fsp3) is 0.333. The minimum Gasteiger partial charge on any atom is -0.450 e. The van der Waals surface area contributed by atoms with Crippen LogP contribution in [-0.4, -0.2) is 23.7 Å². The molecule has 0 spiro atoms. The molecular weight excluding hydrogens is 342 g/mol. The molecule has 2 aromatic heterocycles. The zero-order valence-corrected chi connectivity index (χ0v) is 12.2. The van der Waals surface area contributed by atoms with Crippen molar-refractivity contribution in [3.05, 3.63) is 28.2 Å². The number of hydrogen-bond acceptors (Lipinski definition) is 7. The van der Waals surface area contributed by atoms with Gasteiger partial charge in [0.05, 0.1) is 6.54 Å². The number of aromatic nitrogens is 2. The van der Waals surface area contributed by atoms with Crippen LogP contribution in [0.25, 0.3) is 0 Å². The van der Waals surface area contributed by atoms with E-state index >= 15 is 0 Å². The van der Waals surface area contributed by atoms with Crippen molar-refractivity contribution in [2.24, 2.45) is 0 Å². The predicted octanol–water partition coefficient (Wildman–Crippen LogP) is 0.704. The molecule has 0 bridgehead atoms. The van der Waals surface area contributed by atoms with Crippen LogP contribution in [0.2, 0.25) is 0 Å². The van der Waals surface area contributed by atoms with Crippen molar-refractivity contribution < 1.29 is 22.5 Å². The van der Waals surface area contributed by atoms with Gasteiger partial charge in [-0.25, -0.2) is 13.1 Å². The Morgan fingerprint density at radius 1 is 1.53 bits per heavy atom. The topological polar surface area (TPSA) is 118 Å². The van der Waals surface area contributed by atoms with Crippen LogP contribution in [0.4, 0.5) is 0 Å². The molecule has 0 unspecified atom stereocenters. The van der Waals surface area contributed by atoms with Crippen molar-refractivity contribution in [2.75, 3.05) is 0 Å². The molecule has 0 aliphatic heterocycles. The largest absolute Gasteiger partial charge is 0.450 e. The van der Waals surface area contributed by atoms with Gasteiger partial charge in [0.25, 0.3) is 0 Å². The number of hydrogen-bond donors (Lipinski definition) is 2. The summed E-state index contributed by atoms with van der Waals surface area (Å²) >= 11 is 2.98. The van der Waals surface area contributed by atoms with Crippen LogP contribution in [0.3, 0.4) is 0 Å². The fourth-order valence-corrected chi connectivity index (χ4v) is 3.28. The van der Waals surface area contributed by atoms with E-state index in [0.717, 1.165) is 0 Å². The smallest absolute Gasteiger partial charge is 0.245 e. The minimum absolute atomic E-state index is 0.0192. The van der Waals surface area contributed by atoms with Crippen LogP contribution in [0.15, 0.2) is 24.6 Å². The Kier molecular flexibility index (Phi) is 4.04. The number of sulfonamides is 1. The SMILES string of the molecule is Cc1noc(CNS(=O)(=O)c2cc(CO)oc2Br)n1. The van der Waals surface area contributed by atoms with E-state index in [4.69, 9.17) is 14.0 Å². The summed E-state index contributed by atoms with van der Waals surface area (Å²) < 4.78 is 36.1. The molecule has 19 heavy (non-hydrogen) atoms. The second kappa shape index (κ2) is 5.41. The first-order chi connectivity index (χ1) is 8.92. The van der Waals surface area contributed by atoms with Crippen LogP contribution in [-0.2, 0) is 23.2 Å². The molecule has 10 heteroatoms. The zero-order chi connectivity index (χ0) is 14.0. The molecule has 0 radical (unpaired) electrons. The van der Waals surface area contributed by atoms with Crippen molar-refractivity contribution in [3.63, 3.8) is 0 Å². The normalized spacial score (nSPS) is 11.9. The first kappa shape index (κ1) is 14.2. The van der Waals surface area contributed by atoms with E-state index in [2.05, 4.69) is 30.8 Å². The highest BCUT2D eigenvalue weighted by atomic mass is 79.9. The van der Waals surface area contributed by atoms with Gasteiger partial charge >= 0.3 is 0 Å². The lowest BCUT2D eigenvalue weighted by molar-refractivity contribution is 0.245. The number of furan rings is 1. The van der Waals surface area contributed by atoms with Crippen molar-refractivity contribution >= 4 is 26.0 Å². The van der Waals surface area contributed by atoms with Gasteiger partial charge in [-0.05, 0) is 22.9 Å². The molecule has 2 rings (SSSR count). The molecule has 2 N–H and O–H groups in total. The van der Waals surface area contributed by atoms with E-state index in [1.807, 2.05) is 0 Å². The van der Waals surface area contributed by atoms with E-state index in [0.29, 0.717) is 5.82 Å². The number of rotatable bonds is 5. The molecule has 0 fully saturated rings. The molecule has 2 heterocycles. The Hall–Kier alpha value is -1.23. The summed E-state index contributed by atoms with van der Waals surface area (Å²) in [6.07, 6.45) is 0. The summed E-state index contributed by atoms with van der Waals surface area (Å²) in [6, 6.07) is 1.23. The lowest BCUT2D eigenvalue weighted by Gasteiger charge is -2.01. The Morgan fingerprint density at radius 2 is 2.26 bits per heavy atom. The Morgan fingerprint density at radius 3 is 2.79 bits per heavy atom. The molecule has 0 saturated heterocycles. The molecule has 8 nitrogen and oxygen atoms in total. The van der Waals surface area contributed by atoms with Gasteiger partial charge in [0.15, 0.2) is 10.5 Å². The van der Waals surface area contributed by atoms with Crippen LogP contribution in [0.1, 0.15) is 17.5 Å². The monoisotopic (exact) mass is 351 g/mol. The first-order valence-corrected chi connectivity index (χ1v) is 7.38. The summed E-state index contributed by atoms with van der Waals surface area (Å²) in [5.74, 6) is 0.713. The standard InChI is InChI=1S/C9H10BrN3O5S/c1-5-12-8(18-13-5)3-11-19(15,16)7-2-6(4-14)17-9(7)10/h2,11,14H,3-4H2,1H3. The summed E-state index contributed by atoms with van der Waals surface area (Å²) in [7, 11) is -3.80. The number of aryl methyl sites for hydroxylation is 1. The van der Waals surface area contributed by atoms with Gasteiger partial charge in [0.1, 0.15) is 17.3 Å². The third kappa shape index (κ3) is 3.21. The highest BCUT2D eigenvalue weighted by molar-refractivity contribution is 9.10. The lowest BCUT2D eigenvalue weighted by Crippen LogP contribution is -2.23. The molecular formula is C9H10BrN3O5S. The number of nitrogens with zero attached hydrogens (tertiary/aromatic N) is 2. The van der Waals surface area contributed by atoms with Gasteiger partial charge < -0.3 is 14.0 Å². The maximum atomic E-state index is 12.0. The summed E-state index contributed by atoms with van der Waals surface area (Å²) in [5, 5.41) is 12.4. The van der Waals surface area contributed by atoms with E-state index in [-0.39, 0.29) is 27.8 Å². The van der Waals surface area contributed by atoms with Gasteiger partial charge in [-0.2, -0.15) is 4.98 Å². The second-order valence-electron chi connectivity index (χ2n) is 3.57. The van der Waals surface area contributed by atoms with Crippen molar-refractivity contribution in [1.82, 2.24) is 14.9 Å². The number of aliphatic hydroxyl groups excluding tert-OH is 1. The molecule has 104 valence electrons. The predicted molar refractivity (Wildman–Crippen MR) is 65.4 cm³/mol. The lowest BCUT2D eigenvalue weighted by atomic mass is 10.5. The van der Waals surface area contributed by atoms with Gasteiger partial charge in [0.2, 0.25) is 15.9 Å². The second-order valence-corrected chi connectivity index (χ2v) is 6.02. The molecule has 2 aromatic rings. The molecule has 0 aliphatic carbocycles. The average Bonchev–Trinajstić information content (AvgIpc) is 2.93. The van der Waals surface area contributed by atoms with Crippen molar-refractivity contribution in [3.8, 4) is 0 Å². The van der Waals surface area contributed by atoms with Crippen LogP contribution in [0.5, 0.6) is 0 Å². The van der Waals surface area contributed by atoms with E-state index in [1.54, 1.807) is 6.92 Å². The minimum atomic E-state index is -3.80. The van der Waals surface area contributed by atoms with E-state index < -0.39 is 16.6 Å². The van der Waals surface area contributed by atoms with Crippen LogP contribution >= 0.6 is 15.9 Å². The maximum Gasteiger partial charge on any atom is 0.245 e. The Labute approximate surface area is 117 Å². The Balaban J connectivity index is 2.15. The highest BCUT2D eigenvalue weighted by Crippen LogP contribution is 2.26. The first-order valence-electron chi connectivity index (χ1n) is 5.10. The summed E-state index contributed by atoms with van der Waals surface area (Å²) in [6.45, 7) is 1.11. The van der Waals surface area contributed by atoms with Gasteiger partial charge in [-0.15, -0.1) is 0 Å². The zero-order valence-electron chi connectivity index (χ0n) is 9.75. The molecule has 0 amide bonds. The van der Waals surface area contributed by atoms with E-state index in [1.165, 1.54) is 6.07 Å². The Bertz CT molecular complexity index is 678. The highest BCUT2D eigenvalue weighted by Gasteiger charge is 2.22. The van der Waals surface area contributed by atoms with Crippen molar-refractivity contribution in [1.29, 1.82) is 0 Å². The number of aliphatic hydroxyl groups is 1. The summed E-state index contributed by atoms with van der Waals surface area (Å²) in [4.78, 5) is 3.77. The summed E-state index contributed by atoms with van der Waals surface area (Å²) in [5.41, 5.74) is 0. The fourth-order valence-electron chi connectivity index (χ4n) is 1.31. The average molecular weight is 352 g/mol. The van der Waals surface area contributed by atoms with Crippen LogP contribution < -0.4 is 4.72 Å². The number of halogens is 1. The van der Waals surface area contributed by atoms with Crippen LogP contribution in [0, 0.1) is 6.92 Å². The van der Waals surface area contributed by atoms with Gasteiger partial charge in [-0.3, -0.25) is 0 Å². The molecule has 0 aromatic carbocycles. The third-order valence-electron chi connectivity index (χ3n) is 2.13. The van der Waals surface area contributed by atoms with Gasteiger partial charge in [0, 0.05) is 6.07 Å². The molecule has 0 aliphatic rings. The van der Waals surface area contributed by atoms with E-state index in [9.17, 15) is 8.42 Å². The molecule has 0 atom stereocenters. The number of nitrogens with one attached hydrogen (secondary N) is 1. The van der Waals surface area contributed by atoms with Crippen molar-refractivity contribution in [2.45, 2.75) is 25.0 Å². The van der Waals surface area contributed by atoms with Gasteiger partial charge in [-0.1, -0.05) is 5.16 Å².